The fraction of sp³-hybridized carbons (Fsp3) is 0.300. The molecule has 10 heteroatoms. The van der Waals surface area contributed by atoms with E-state index in [0.29, 0.717) is 33.9 Å². The van der Waals surface area contributed by atoms with Crippen LogP contribution in [0.2, 0.25) is 10.0 Å². The predicted molar refractivity (Wildman–Crippen MR) is 154 cm³/mol. The van der Waals surface area contributed by atoms with Crippen molar-refractivity contribution in [2.45, 2.75) is 38.6 Å². The Morgan fingerprint density at radius 2 is 1.82 bits per heavy atom. The third kappa shape index (κ3) is 4.69. The van der Waals surface area contributed by atoms with Gasteiger partial charge in [-0.2, -0.15) is 0 Å². The van der Waals surface area contributed by atoms with Crippen LogP contribution in [0.4, 0.5) is 20.6 Å². The second kappa shape index (κ2) is 10.1. The first kappa shape index (κ1) is 27.9. The summed E-state index contributed by atoms with van der Waals surface area (Å²) in [6.45, 7) is 6.37. The first-order valence-electron chi connectivity index (χ1n) is 12.9. The third-order valence-electron chi connectivity index (χ3n) is 7.67. The van der Waals surface area contributed by atoms with E-state index in [1.807, 2.05) is 0 Å². The maximum Gasteiger partial charge on any atom is 0.322 e. The maximum atomic E-state index is 15.8. The van der Waals surface area contributed by atoms with E-state index in [4.69, 9.17) is 28.9 Å². The van der Waals surface area contributed by atoms with Gasteiger partial charge in [0.1, 0.15) is 11.2 Å². The Morgan fingerprint density at radius 3 is 2.48 bits per heavy atom. The number of carbonyl (C=O) groups is 3. The Balaban J connectivity index is 1.69. The lowest BCUT2D eigenvalue weighted by Crippen LogP contribution is -2.47. The molecule has 0 aliphatic carbocycles. The standard InChI is InChI=1S/C30H29Cl2FN4O3/c1-29(2,3)14-17-15-37(28(40)35-19-10-7-16(8-11-19)26(34)38)25(20-5-4-6-22(32)24(20)33)30(17)21-12-9-18(31)13-23(21)36-27(30)39/h4-13,17,25H,14-15H2,1-3H3,(H2,34,38)(H,35,40)(H,36,39). The molecular weight excluding hydrogens is 554 g/mol. The molecule has 3 aromatic rings. The topological polar surface area (TPSA) is 105 Å². The molecule has 7 nitrogen and oxygen atoms in total. The van der Waals surface area contributed by atoms with Gasteiger partial charge in [-0.3, -0.25) is 9.59 Å². The molecule has 2 aliphatic rings. The molecule has 1 spiro atoms. The molecule has 0 saturated carbocycles. The number of fused-ring (bicyclic) bond motifs is 2. The predicted octanol–water partition coefficient (Wildman–Crippen LogP) is 6.76. The average molecular weight is 583 g/mol. The number of carbonyl (C=O) groups excluding carboxylic acids is 3. The van der Waals surface area contributed by atoms with E-state index in [-0.39, 0.29) is 34.4 Å². The Morgan fingerprint density at radius 1 is 1.12 bits per heavy atom. The summed E-state index contributed by atoms with van der Waals surface area (Å²) in [5.41, 5.74) is 5.84. The highest BCUT2D eigenvalue weighted by atomic mass is 35.5. The number of hydrogen-bond acceptors (Lipinski definition) is 3. The summed E-state index contributed by atoms with van der Waals surface area (Å²) in [4.78, 5) is 41.1. The van der Waals surface area contributed by atoms with Crippen LogP contribution in [-0.2, 0) is 10.2 Å². The number of anilines is 2. The van der Waals surface area contributed by atoms with Crippen molar-refractivity contribution in [3.8, 4) is 0 Å². The molecular formula is C30H29Cl2FN4O3. The number of nitrogens with two attached hydrogens (primary N) is 1. The lowest BCUT2D eigenvalue weighted by Gasteiger charge is -2.38. The lowest BCUT2D eigenvalue weighted by molar-refractivity contribution is -0.123. The number of hydrogen-bond donors (Lipinski definition) is 3. The summed E-state index contributed by atoms with van der Waals surface area (Å²) < 4.78 is 15.8. The summed E-state index contributed by atoms with van der Waals surface area (Å²) in [6, 6.07) is 14.3. The van der Waals surface area contributed by atoms with E-state index in [2.05, 4.69) is 31.4 Å². The van der Waals surface area contributed by atoms with Gasteiger partial charge in [0.15, 0.2) is 0 Å². The molecule has 1 fully saturated rings. The number of nitrogens with zero attached hydrogens (tertiary/aromatic N) is 1. The van der Waals surface area contributed by atoms with Gasteiger partial charge < -0.3 is 21.3 Å². The van der Waals surface area contributed by atoms with Gasteiger partial charge >= 0.3 is 6.03 Å². The van der Waals surface area contributed by atoms with Crippen molar-refractivity contribution in [3.05, 3.63) is 93.2 Å². The van der Waals surface area contributed by atoms with Gasteiger partial charge in [0, 0.05) is 34.1 Å². The smallest absolute Gasteiger partial charge is 0.322 e. The number of likely N-dealkylation sites (tertiary alicyclic amines) is 1. The van der Waals surface area contributed by atoms with Crippen LogP contribution in [0.25, 0.3) is 0 Å². The van der Waals surface area contributed by atoms with Crippen LogP contribution in [-0.4, -0.2) is 29.3 Å². The lowest BCUT2D eigenvalue weighted by atomic mass is 9.63. The number of amides is 4. The van der Waals surface area contributed by atoms with Crippen LogP contribution in [0, 0.1) is 17.2 Å². The molecule has 208 valence electrons. The van der Waals surface area contributed by atoms with Gasteiger partial charge in [0.2, 0.25) is 11.8 Å². The van der Waals surface area contributed by atoms with Crippen molar-refractivity contribution in [3.63, 3.8) is 0 Å². The molecule has 1 saturated heterocycles. The van der Waals surface area contributed by atoms with E-state index in [0.717, 1.165) is 0 Å². The van der Waals surface area contributed by atoms with E-state index < -0.39 is 29.2 Å². The molecule has 0 aromatic heterocycles. The van der Waals surface area contributed by atoms with E-state index in [9.17, 15) is 14.4 Å². The van der Waals surface area contributed by atoms with Gasteiger partial charge in [0.25, 0.3) is 0 Å². The average Bonchev–Trinajstić information content (AvgIpc) is 3.35. The highest BCUT2D eigenvalue weighted by Crippen LogP contribution is 2.60. The van der Waals surface area contributed by atoms with Crippen LogP contribution in [0.5, 0.6) is 0 Å². The molecule has 2 heterocycles. The molecule has 4 amide bonds. The first-order valence-corrected chi connectivity index (χ1v) is 13.6. The second-order valence-corrected chi connectivity index (χ2v) is 12.4. The molecule has 4 N–H and O–H groups in total. The Hall–Kier alpha value is -3.62. The zero-order chi connectivity index (χ0) is 29.0. The van der Waals surface area contributed by atoms with Crippen LogP contribution in [0.3, 0.4) is 0 Å². The normalized spacial score (nSPS) is 21.9. The highest BCUT2D eigenvalue weighted by Gasteiger charge is 2.65. The number of rotatable bonds is 4. The van der Waals surface area contributed by atoms with Crippen molar-refractivity contribution in [1.82, 2.24) is 4.90 Å². The zero-order valence-electron chi connectivity index (χ0n) is 22.2. The molecule has 3 unspecified atom stereocenters. The number of nitrogens with one attached hydrogen (secondary N) is 2. The van der Waals surface area contributed by atoms with Gasteiger partial charge in [-0.25, -0.2) is 9.18 Å². The monoisotopic (exact) mass is 582 g/mol. The Labute approximate surface area is 241 Å². The van der Waals surface area contributed by atoms with Crippen molar-refractivity contribution in [1.29, 1.82) is 0 Å². The second-order valence-electron chi connectivity index (χ2n) is 11.5. The molecule has 2 aliphatic heterocycles. The van der Waals surface area contributed by atoms with Gasteiger partial charge in [-0.15, -0.1) is 0 Å². The molecule has 3 atom stereocenters. The van der Waals surface area contributed by atoms with Crippen molar-refractivity contribution in [2.24, 2.45) is 17.1 Å². The summed E-state index contributed by atoms with van der Waals surface area (Å²) in [5, 5.41) is 6.15. The third-order valence-corrected chi connectivity index (χ3v) is 8.20. The molecule has 0 radical (unpaired) electrons. The first-order chi connectivity index (χ1) is 18.8. The SMILES string of the molecule is CC(C)(C)CC1CN(C(=O)Nc2ccc(C(N)=O)cc2)C(c2cccc(Cl)c2F)C12C(=O)Nc1cc(Cl)ccc12. The van der Waals surface area contributed by atoms with E-state index in [1.165, 1.54) is 23.1 Å². The van der Waals surface area contributed by atoms with Gasteiger partial charge in [-0.05, 0) is 65.8 Å². The van der Waals surface area contributed by atoms with Gasteiger partial charge in [0.05, 0.1) is 11.1 Å². The molecule has 0 bridgehead atoms. The Kier molecular flexibility index (Phi) is 7.04. The minimum Gasteiger partial charge on any atom is -0.366 e. The summed E-state index contributed by atoms with van der Waals surface area (Å²) in [6.07, 6.45) is 0.568. The van der Waals surface area contributed by atoms with E-state index in [1.54, 1.807) is 42.5 Å². The number of benzene rings is 3. The fourth-order valence-electron chi connectivity index (χ4n) is 6.18. The summed E-state index contributed by atoms with van der Waals surface area (Å²) >= 11 is 12.5. The van der Waals surface area contributed by atoms with Crippen LogP contribution in [0.1, 0.15) is 54.7 Å². The summed E-state index contributed by atoms with van der Waals surface area (Å²) in [5.74, 6) is -1.98. The van der Waals surface area contributed by atoms with Crippen LogP contribution in [0.15, 0.2) is 60.7 Å². The van der Waals surface area contributed by atoms with Crippen LogP contribution >= 0.6 is 23.2 Å². The molecule has 40 heavy (non-hydrogen) atoms. The molecule has 5 rings (SSSR count). The largest absolute Gasteiger partial charge is 0.366 e. The quantitative estimate of drug-likeness (QED) is 0.316. The fourth-order valence-corrected chi connectivity index (χ4v) is 6.54. The van der Waals surface area contributed by atoms with Crippen molar-refractivity contribution < 1.29 is 18.8 Å². The van der Waals surface area contributed by atoms with Crippen molar-refractivity contribution >= 4 is 52.4 Å². The van der Waals surface area contributed by atoms with Gasteiger partial charge in [-0.1, -0.05) is 62.2 Å². The van der Waals surface area contributed by atoms with E-state index >= 15 is 4.39 Å². The van der Waals surface area contributed by atoms with Crippen molar-refractivity contribution in [2.75, 3.05) is 17.2 Å². The number of urea groups is 1. The Bertz CT molecular complexity index is 1520. The number of halogens is 3. The molecule has 3 aromatic carbocycles. The minimum atomic E-state index is -1.31. The maximum absolute atomic E-state index is 15.8. The number of primary amides is 1. The van der Waals surface area contributed by atoms with Crippen LogP contribution < -0.4 is 16.4 Å². The highest BCUT2D eigenvalue weighted by molar-refractivity contribution is 6.31. The summed E-state index contributed by atoms with van der Waals surface area (Å²) in [7, 11) is 0. The minimum absolute atomic E-state index is 0.107. The zero-order valence-corrected chi connectivity index (χ0v) is 23.7.